The summed E-state index contributed by atoms with van der Waals surface area (Å²) in [7, 11) is 0. The number of ether oxygens (including phenoxy) is 1. The zero-order valence-corrected chi connectivity index (χ0v) is 16.8. The molecular weight excluding hydrogens is 308 g/mol. The molecule has 0 radical (unpaired) electrons. The van der Waals surface area contributed by atoms with E-state index in [-0.39, 0.29) is 13.4 Å². The monoisotopic (exact) mass is 356 g/mol. The summed E-state index contributed by atoms with van der Waals surface area (Å²) in [4.78, 5) is 11.4. The largest absolute Gasteiger partial charge is 0.466 e. The van der Waals surface area contributed by atoms with E-state index in [1.54, 1.807) is 0 Å². The first kappa shape index (κ1) is 26.7. The van der Waals surface area contributed by atoms with Gasteiger partial charge in [-0.25, -0.2) is 0 Å². The normalized spacial score (nSPS) is 10.5. The van der Waals surface area contributed by atoms with Gasteiger partial charge in [-0.15, -0.1) is 0 Å². The van der Waals surface area contributed by atoms with Gasteiger partial charge in [-0.2, -0.15) is 0 Å². The second-order valence-corrected chi connectivity index (χ2v) is 7.27. The summed E-state index contributed by atoms with van der Waals surface area (Å²) in [5.74, 6) is -0.00172. The van der Waals surface area contributed by atoms with Gasteiger partial charge in [-0.3, -0.25) is 4.79 Å². The van der Waals surface area contributed by atoms with E-state index in [0.29, 0.717) is 13.0 Å². The summed E-state index contributed by atoms with van der Waals surface area (Å²) in [5.41, 5.74) is 0. The van der Waals surface area contributed by atoms with Gasteiger partial charge in [0.2, 0.25) is 0 Å². The summed E-state index contributed by atoms with van der Waals surface area (Å²) in [6.07, 6.45) is 23.1. The van der Waals surface area contributed by atoms with E-state index in [1.165, 1.54) is 89.9 Å². The van der Waals surface area contributed by atoms with E-state index in [1.807, 2.05) is 0 Å². The van der Waals surface area contributed by atoms with Crippen molar-refractivity contribution in [3.8, 4) is 0 Å². The van der Waals surface area contributed by atoms with Crippen molar-refractivity contribution in [3.63, 3.8) is 0 Å². The van der Waals surface area contributed by atoms with Crippen molar-refractivity contribution < 1.29 is 9.53 Å². The van der Waals surface area contributed by atoms with Crippen LogP contribution >= 0.6 is 0 Å². The quantitative estimate of drug-likeness (QED) is 0.172. The predicted octanol–water partition coefficient (Wildman–Crippen LogP) is 8.23. The van der Waals surface area contributed by atoms with Gasteiger partial charge in [0.15, 0.2) is 0 Å². The zero-order chi connectivity index (χ0) is 17.7. The molecule has 152 valence electrons. The number of hydrogen-bond acceptors (Lipinski definition) is 2. The van der Waals surface area contributed by atoms with E-state index in [2.05, 4.69) is 13.8 Å². The van der Waals surface area contributed by atoms with Crippen LogP contribution in [0.1, 0.15) is 137 Å². The number of hydrogen-bond donors (Lipinski definition) is 0. The Morgan fingerprint density at radius 1 is 0.560 bits per heavy atom. The van der Waals surface area contributed by atoms with Crippen LogP contribution in [-0.2, 0) is 9.53 Å². The molecule has 0 aliphatic heterocycles. The van der Waals surface area contributed by atoms with E-state index in [4.69, 9.17) is 4.74 Å². The highest BCUT2D eigenvalue weighted by atomic mass is 16.5. The first-order valence-corrected chi connectivity index (χ1v) is 11.0. The fourth-order valence-corrected chi connectivity index (χ4v) is 3.04. The topological polar surface area (TPSA) is 26.3 Å². The van der Waals surface area contributed by atoms with Crippen molar-refractivity contribution in [3.05, 3.63) is 0 Å². The smallest absolute Gasteiger partial charge is 0.305 e. The van der Waals surface area contributed by atoms with Crippen molar-refractivity contribution in [1.29, 1.82) is 0 Å². The van der Waals surface area contributed by atoms with Crippen LogP contribution in [0.25, 0.3) is 0 Å². The van der Waals surface area contributed by atoms with E-state index >= 15 is 0 Å². The van der Waals surface area contributed by atoms with Crippen LogP contribution in [0.4, 0.5) is 0 Å². The Balaban J connectivity index is 0. The summed E-state index contributed by atoms with van der Waals surface area (Å²) in [5, 5.41) is 0. The first-order valence-electron chi connectivity index (χ1n) is 11.0. The minimum Gasteiger partial charge on any atom is -0.466 e. The van der Waals surface area contributed by atoms with Crippen molar-refractivity contribution in [1.82, 2.24) is 0 Å². The van der Waals surface area contributed by atoms with Crippen LogP contribution in [0.5, 0.6) is 0 Å². The average Bonchev–Trinajstić information content (AvgIpc) is 2.58. The maximum Gasteiger partial charge on any atom is 0.305 e. The van der Waals surface area contributed by atoms with E-state index in [0.717, 1.165) is 19.3 Å². The van der Waals surface area contributed by atoms with Crippen LogP contribution in [-0.4, -0.2) is 12.6 Å². The third-order valence-electron chi connectivity index (χ3n) is 4.75. The molecule has 0 heterocycles. The Bertz CT molecular complexity index is 250. The molecular formula is C23H48O2. The van der Waals surface area contributed by atoms with Crippen molar-refractivity contribution in [2.24, 2.45) is 0 Å². The Hall–Kier alpha value is -0.530. The van der Waals surface area contributed by atoms with Gasteiger partial charge in [-0.1, -0.05) is 118 Å². The van der Waals surface area contributed by atoms with Crippen LogP contribution in [0.15, 0.2) is 0 Å². The van der Waals surface area contributed by atoms with Crippen LogP contribution in [0, 0.1) is 0 Å². The van der Waals surface area contributed by atoms with Gasteiger partial charge in [0.05, 0.1) is 6.61 Å². The molecule has 0 aromatic heterocycles. The minimum atomic E-state index is -0.00172. The van der Waals surface area contributed by atoms with Gasteiger partial charge < -0.3 is 4.74 Å². The fraction of sp³-hybridized carbons (Fsp3) is 0.957. The SMILES string of the molecule is C.CCCCCCCCCCCCCCCCCC(=O)OCCCC. The van der Waals surface area contributed by atoms with Gasteiger partial charge in [0, 0.05) is 6.42 Å². The van der Waals surface area contributed by atoms with Gasteiger partial charge in [-0.05, 0) is 12.8 Å². The molecule has 0 spiro atoms. The number of esters is 1. The highest BCUT2D eigenvalue weighted by Gasteiger charge is 2.01. The summed E-state index contributed by atoms with van der Waals surface area (Å²) in [6, 6.07) is 0. The van der Waals surface area contributed by atoms with Gasteiger partial charge in [0.1, 0.15) is 0 Å². The Labute approximate surface area is 159 Å². The first-order chi connectivity index (χ1) is 11.8. The number of carbonyl (C=O) groups is 1. The molecule has 0 saturated heterocycles. The molecule has 2 nitrogen and oxygen atoms in total. The maximum absolute atomic E-state index is 11.4. The molecule has 0 rings (SSSR count). The van der Waals surface area contributed by atoms with E-state index in [9.17, 15) is 4.79 Å². The third-order valence-corrected chi connectivity index (χ3v) is 4.75. The number of unbranched alkanes of at least 4 members (excludes halogenated alkanes) is 15. The molecule has 0 N–H and O–H groups in total. The Morgan fingerprint density at radius 3 is 1.32 bits per heavy atom. The summed E-state index contributed by atoms with van der Waals surface area (Å²) in [6.45, 7) is 5.00. The van der Waals surface area contributed by atoms with Crippen LogP contribution < -0.4 is 0 Å². The van der Waals surface area contributed by atoms with Crippen LogP contribution in [0.2, 0.25) is 0 Å². The molecule has 25 heavy (non-hydrogen) atoms. The molecule has 0 unspecified atom stereocenters. The number of rotatable bonds is 19. The third kappa shape index (κ3) is 23.5. The highest BCUT2D eigenvalue weighted by Crippen LogP contribution is 2.13. The molecule has 0 amide bonds. The predicted molar refractivity (Wildman–Crippen MR) is 112 cm³/mol. The van der Waals surface area contributed by atoms with Gasteiger partial charge >= 0.3 is 5.97 Å². The van der Waals surface area contributed by atoms with Crippen molar-refractivity contribution >= 4 is 5.97 Å². The van der Waals surface area contributed by atoms with Crippen LogP contribution in [0.3, 0.4) is 0 Å². The zero-order valence-electron chi connectivity index (χ0n) is 16.8. The Kier molecular flexibility index (Phi) is 25.1. The lowest BCUT2D eigenvalue weighted by Gasteiger charge is -2.04. The number of carbonyl (C=O) groups excluding carboxylic acids is 1. The summed E-state index contributed by atoms with van der Waals surface area (Å²) < 4.78 is 5.16. The molecule has 2 heteroatoms. The minimum absolute atomic E-state index is 0. The summed E-state index contributed by atoms with van der Waals surface area (Å²) >= 11 is 0. The molecule has 0 aliphatic rings. The second kappa shape index (κ2) is 23.5. The lowest BCUT2D eigenvalue weighted by molar-refractivity contribution is -0.143. The molecule has 0 aliphatic carbocycles. The standard InChI is InChI=1S/C22H44O2.CH4/c1-3-5-7-8-9-10-11-12-13-14-15-16-17-18-19-20-22(23)24-21-6-4-2;/h3-21H2,1-2H3;1H4. The molecule has 0 fully saturated rings. The molecule has 0 atom stereocenters. The molecule has 0 aromatic rings. The molecule has 0 saturated carbocycles. The molecule has 0 bridgehead atoms. The lowest BCUT2D eigenvalue weighted by atomic mass is 10.0. The van der Waals surface area contributed by atoms with Crippen molar-refractivity contribution in [2.45, 2.75) is 137 Å². The maximum atomic E-state index is 11.4. The Morgan fingerprint density at radius 2 is 0.920 bits per heavy atom. The van der Waals surface area contributed by atoms with Gasteiger partial charge in [0.25, 0.3) is 0 Å². The van der Waals surface area contributed by atoms with E-state index < -0.39 is 0 Å². The lowest BCUT2D eigenvalue weighted by Crippen LogP contribution is -2.05. The fourth-order valence-electron chi connectivity index (χ4n) is 3.04. The van der Waals surface area contributed by atoms with Crippen molar-refractivity contribution in [2.75, 3.05) is 6.61 Å². The highest BCUT2D eigenvalue weighted by molar-refractivity contribution is 5.69. The second-order valence-electron chi connectivity index (χ2n) is 7.27. The molecule has 0 aromatic carbocycles. The average molecular weight is 357 g/mol.